The molecule has 0 aliphatic carbocycles. The van der Waals surface area contributed by atoms with Crippen molar-refractivity contribution in [1.29, 1.82) is 0 Å². The number of nitrogens with zero attached hydrogens (tertiary/aromatic N) is 2. The molecule has 0 atom stereocenters. The zero-order chi connectivity index (χ0) is 20.4. The van der Waals surface area contributed by atoms with Gasteiger partial charge in [-0.1, -0.05) is 47.1 Å². The first-order valence-corrected chi connectivity index (χ1v) is 10.5. The zero-order valence-corrected chi connectivity index (χ0v) is 17.6. The van der Waals surface area contributed by atoms with Gasteiger partial charge in [0.2, 0.25) is 0 Å². The van der Waals surface area contributed by atoms with Gasteiger partial charge in [0.25, 0.3) is 5.56 Å². The fourth-order valence-corrected chi connectivity index (χ4v) is 4.16. The van der Waals surface area contributed by atoms with Gasteiger partial charge in [0, 0.05) is 10.8 Å². The zero-order valence-electron chi connectivity index (χ0n) is 16.1. The number of aromatic nitrogens is 2. The molecular formula is C23H19ClN2O2S. The Morgan fingerprint density at radius 2 is 1.76 bits per heavy atom. The average Bonchev–Trinajstić information content (AvgIpc) is 2.74. The van der Waals surface area contributed by atoms with Crippen molar-refractivity contribution >= 4 is 34.3 Å². The lowest BCUT2D eigenvalue weighted by Gasteiger charge is -2.14. The maximum Gasteiger partial charge on any atom is 0.266 e. The van der Waals surface area contributed by atoms with Gasteiger partial charge in [-0.2, -0.15) is 0 Å². The summed E-state index contributed by atoms with van der Waals surface area (Å²) in [5.41, 5.74) is 3.50. The van der Waals surface area contributed by atoms with Crippen LogP contribution in [0.2, 0.25) is 5.02 Å². The third kappa shape index (κ3) is 4.16. The van der Waals surface area contributed by atoms with Gasteiger partial charge in [-0.3, -0.25) is 9.36 Å². The fraction of sp³-hybridized carbons (Fsp3) is 0.130. The first-order chi connectivity index (χ1) is 14.0. The van der Waals surface area contributed by atoms with Crippen LogP contribution in [0.4, 0.5) is 0 Å². The molecular weight excluding hydrogens is 404 g/mol. The second-order valence-electron chi connectivity index (χ2n) is 6.67. The van der Waals surface area contributed by atoms with E-state index >= 15 is 0 Å². The molecule has 3 aromatic carbocycles. The summed E-state index contributed by atoms with van der Waals surface area (Å²) in [5, 5.41) is 1.87. The minimum Gasteiger partial charge on any atom is -0.497 e. The van der Waals surface area contributed by atoms with Gasteiger partial charge in [-0.15, -0.1) is 0 Å². The Bertz CT molecular complexity index is 1220. The molecule has 1 heterocycles. The lowest BCUT2D eigenvalue weighted by atomic mass is 10.1. The molecule has 0 bridgehead atoms. The summed E-state index contributed by atoms with van der Waals surface area (Å²) in [6, 6.07) is 20.9. The minimum absolute atomic E-state index is 0.0850. The molecule has 0 fully saturated rings. The van der Waals surface area contributed by atoms with Crippen molar-refractivity contribution in [1.82, 2.24) is 9.55 Å². The van der Waals surface area contributed by atoms with Crippen LogP contribution in [0.25, 0.3) is 16.6 Å². The highest BCUT2D eigenvalue weighted by Crippen LogP contribution is 2.26. The maximum absolute atomic E-state index is 13.3. The summed E-state index contributed by atoms with van der Waals surface area (Å²) >= 11 is 7.57. The molecule has 29 heavy (non-hydrogen) atoms. The van der Waals surface area contributed by atoms with E-state index in [9.17, 15) is 4.79 Å². The van der Waals surface area contributed by atoms with E-state index in [4.69, 9.17) is 21.3 Å². The molecule has 0 unspecified atom stereocenters. The number of halogens is 1. The van der Waals surface area contributed by atoms with Crippen LogP contribution in [-0.4, -0.2) is 16.7 Å². The van der Waals surface area contributed by atoms with E-state index in [0.29, 0.717) is 26.8 Å². The van der Waals surface area contributed by atoms with E-state index in [1.54, 1.807) is 23.8 Å². The molecule has 4 nitrogen and oxygen atoms in total. The van der Waals surface area contributed by atoms with E-state index in [2.05, 4.69) is 0 Å². The molecule has 4 rings (SSSR count). The highest BCUT2D eigenvalue weighted by Gasteiger charge is 2.14. The van der Waals surface area contributed by atoms with Gasteiger partial charge >= 0.3 is 0 Å². The van der Waals surface area contributed by atoms with Crippen LogP contribution in [0.3, 0.4) is 0 Å². The number of ether oxygens (including phenoxy) is 1. The topological polar surface area (TPSA) is 44.1 Å². The Morgan fingerprint density at radius 1 is 1.03 bits per heavy atom. The predicted octanol–water partition coefficient (Wildman–Crippen LogP) is 5.65. The van der Waals surface area contributed by atoms with Gasteiger partial charge < -0.3 is 4.74 Å². The summed E-state index contributed by atoms with van der Waals surface area (Å²) in [7, 11) is 1.65. The number of rotatable bonds is 5. The number of hydrogen-bond acceptors (Lipinski definition) is 4. The molecule has 0 spiro atoms. The SMILES string of the molecule is COc1ccc(CSc2nc3ccc(C)cc3c(=O)n2-c2ccc(Cl)cc2)cc1. The van der Waals surface area contributed by atoms with E-state index < -0.39 is 0 Å². The monoisotopic (exact) mass is 422 g/mol. The first-order valence-electron chi connectivity index (χ1n) is 9.10. The second-order valence-corrected chi connectivity index (χ2v) is 8.05. The quantitative estimate of drug-likeness (QED) is 0.308. The third-order valence-electron chi connectivity index (χ3n) is 4.60. The van der Waals surface area contributed by atoms with Gasteiger partial charge in [0.1, 0.15) is 5.75 Å². The number of benzene rings is 3. The highest BCUT2D eigenvalue weighted by atomic mass is 35.5. The average molecular weight is 423 g/mol. The molecule has 0 N–H and O–H groups in total. The van der Waals surface area contributed by atoms with Crippen molar-refractivity contribution in [2.45, 2.75) is 17.8 Å². The molecule has 0 radical (unpaired) electrons. The Morgan fingerprint density at radius 3 is 2.45 bits per heavy atom. The van der Waals surface area contributed by atoms with Crippen LogP contribution in [0.1, 0.15) is 11.1 Å². The van der Waals surface area contributed by atoms with Gasteiger partial charge in [0.05, 0.1) is 23.7 Å². The molecule has 4 aromatic rings. The molecule has 146 valence electrons. The van der Waals surface area contributed by atoms with Crippen LogP contribution < -0.4 is 10.3 Å². The van der Waals surface area contributed by atoms with E-state index in [0.717, 1.165) is 22.6 Å². The van der Waals surface area contributed by atoms with Crippen LogP contribution in [-0.2, 0) is 5.75 Å². The Balaban J connectivity index is 1.80. The summed E-state index contributed by atoms with van der Waals surface area (Å²) in [6.07, 6.45) is 0. The van der Waals surface area contributed by atoms with Crippen molar-refractivity contribution in [3.8, 4) is 11.4 Å². The smallest absolute Gasteiger partial charge is 0.266 e. The number of fused-ring (bicyclic) bond motifs is 1. The van der Waals surface area contributed by atoms with Crippen molar-refractivity contribution in [3.63, 3.8) is 0 Å². The van der Waals surface area contributed by atoms with Gasteiger partial charge in [0.15, 0.2) is 5.16 Å². The fourth-order valence-electron chi connectivity index (χ4n) is 3.06. The number of hydrogen-bond donors (Lipinski definition) is 0. The Kier molecular flexibility index (Phi) is 5.60. The molecule has 0 saturated carbocycles. The standard InChI is InChI=1S/C23H19ClN2O2S/c1-15-3-12-21-20(13-15)22(27)26(18-8-6-17(24)7-9-18)23(25-21)29-14-16-4-10-19(28-2)11-5-16/h3-13H,14H2,1-2H3. The largest absolute Gasteiger partial charge is 0.497 e. The summed E-state index contributed by atoms with van der Waals surface area (Å²) in [4.78, 5) is 18.1. The van der Waals surface area contributed by atoms with Gasteiger partial charge in [-0.25, -0.2) is 4.98 Å². The van der Waals surface area contributed by atoms with E-state index in [-0.39, 0.29) is 5.56 Å². The predicted molar refractivity (Wildman–Crippen MR) is 120 cm³/mol. The van der Waals surface area contributed by atoms with Crippen LogP contribution in [0.15, 0.2) is 76.7 Å². The van der Waals surface area contributed by atoms with Crippen molar-refractivity contribution in [2.75, 3.05) is 7.11 Å². The lowest BCUT2D eigenvalue weighted by Crippen LogP contribution is -2.21. The molecule has 0 aliphatic rings. The Labute approximate surface area is 178 Å². The first kappa shape index (κ1) is 19.6. The van der Waals surface area contributed by atoms with Crippen molar-refractivity contribution in [3.05, 3.63) is 93.2 Å². The molecule has 0 amide bonds. The molecule has 0 saturated heterocycles. The third-order valence-corrected chi connectivity index (χ3v) is 5.87. The number of thioether (sulfide) groups is 1. The summed E-state index contributed by atoms with van der Waals surface area (Å²) in [5.74, 6) is 1.50. The van der Waals surface area contributed by atoms with E-state index in [1.807, 2.05) is 61.5 Å². The highest BCUT2D eigenvalue weighted by molar-refractivity contribution is 7.98. The van der Waals surface area contributed by atoms with Crippen LogP contribution >= 0.6 is 23.4 Å². The Hall–Kier alpha value is -2.76. The van der Waals surface area contributed by atoms with E-state index in [1.165, 1.54) is 11.8 Å². The minimum atomic E-state index is -0.0850. The molecule has 1 aromatic heterocycles. The maximum atomic E-state index is 13.3. The molecule has 0 aliphatic heterocycles. The number of aryl methyl sites for hydroxylation is 1. The lowest BCUT2D eigenvalue weighted by molar-refractivity contribution is 0.414. The number of methoxy groups -OCH3 is 1. The second kappa shape index (κ2) is 8.31. The van der Waals surface area contributed by atoms with Crippen LogP contribution in [0, 0.1) is 6.92 Å². The summed E-state index contributed by atoms with van der Waals surface area (Å²) in [6.45, 7) is 1.97. The summed E-state index contributed by atoms with van der Waals surface area (Å²) < 4.78 is 6.88. The van der Waals surface area contributed by atoms with Crippen LogP contribution in [0.5, 0.6) is 5.75 Å². The van der Waals surface area contributed by atoms with Crippen molar-refractivity contribution < 1.29 is 4.74 Å². The normalized spacial score (nSPS) is 11.0. The van der Waals surface area contributed by atoms with Crippen molar-refractivity contribution in [2.24, 2.45) is 0 Å². The molecule has 6 heteroatoms. The van der Waals surface area contributed by atoms with Gasteiger partial charge in [-0.05, 0) is 61.0 Å².